The third-order valence-corrected chi connectivity index (χ3v) is 1.79. The van der Waals surface area contributed by atoms with Gasteiger partial charge in [0.2, 0.25) is 0 Å². The summed E-state index contributed by atoms with van der Waals surface area (Å²) in [7, 11) is 9.90. The summed E-state index contributed by atoms with van der Waals surface area (Å²) in [6.45, 7) is 12.4. The van der Waals surface area contributed by atoms with Gasteiger partial charge in [-0.3, -0.25) is 0 Å². The fourth-order valence-electron chi connectivity index (χ4n) is 1.33. The molecule has 17 heavy (non-hydrogen) atoms. The standard InChI is InChI=1S/C6H13Cl.C6H14O.2ClH.Zn/c2*1-5(2)4-6(3)7;;;/h5-6H,4H2,1-3H3;5-7H,4H2,1-3H3;2*1H;/q;;;;+2/p-2. The molecule has 0 aliphatic carbocycles. The van der Waals surface area contributed by atoms with E-state index >= 15 is 0 Å². The summed E-state index contributed by atoms with van der Waals surface area (Å²) in [6.07, 6.45) is 1.92. The first-order chi connectivity index (χ1) is 7.67. The van der Waals surface area contributed by atoms with Crippen LogP contribution in [0.3, 0.4) is 0 Å². The minimum absolute atomic E-state index is 0.125. The van der Waals surface area contributed by atoms with Crippen molar-refractivity contribution in [2.45, 2.75) is 65.9 Å². The van der Waals surface area contributed by atoms with Crippen LogP contribution in [0.25, 0.3) is 0 Å². The van der Waals surface area contributed by atoms with E-state index in [1.807, 2.05) is 13.8 Å². The molecule has 0 amide bonds. The first-order valence-electron chi connectivity index (χ1n) is 6.11. The molecule has 0 rings (SSSR count). The number of hydrogen-bond acceptors (Lipinski definition) is 1. The van der Waals surface area contributed by atoms with Gasteiger partial charge in [-0.25, -0.2) is 0 Å². The summed E-state index contributed by atoms with van der Waals surface area (Å²) in [6, 6.07) is 0. The van der Waals surface area contributed by atoms with E-state index in [9.17, 15) is 0 Å². The quantitative estimate of drug-likeness (QED) is 0.523. The van der Waals surface area contributed by atoms with Gasteiger partial charge in [0.1, 0.15) is 0 Å². The molecule has 0 aromatic heterocycles. The number of aliphatic hydroxyl groups excluding tert-OH is 1. The van der Waals surface area contributed by atoms with Gasteiger partial charge in [0.25, 0.3) is 0 Å². The molecule has 0 saturated carbocycles. The number of hydrogen-bond donors (Lipinski definition) is 1. The molecular formula is C12H27Cl3OZn. The summed E-state index contributed by atoms with van der Waals surface area (Å²) >= 11 is 4.74. The van der Waals surface area contributed by atoms with Crippen molar-refractivity contribution in [2.24, 2.45) is 11.8 Å². The van der Waals surface area contributed by atoms with Crippen molar-refractivity contribution in [3.05, 3.63) is 0 Å². The summed E-state index contributed by atoms with van der Waals surface area (Å²) in [5.41, 5.74) is 0. The molecule has 0 saturated heterocycles. The van der Waals surface area contributed by atoms with Crippen molar-refractivity contribution in [2.75, 3.05) is 0 Å². The van der Waals surface area contributed by atoms with Gasteiger partial charge in [0.15, 0.2) is 0 Å². The number of aliphatic hydroxyl groups is 1. The SMILES string of the molecule is CC(C)CC(C)Cl.CC(C)CC(C)O.[Cl][Zn][Cl]. The molecule has 0 radical (unpaired) electrons. The molecule has 0 spiro atoms. The van der Waals surface area contributed by atoms with Crippen LogP contribution in [-0.2, 0) is 15.1 Å². The van der Waals surface area contributed by atoms with Crippen molar-refractivity contribution in [1.82, 2.24) is 0 Å². The van der Waals surface area contributed by atoms with Crippen LogP contribution < -0.4 is 0 Å². The normalized spacial score (nSPS) is 12.9. The Morgan fingerprint density at radius 3 is 1.18 bits per heavy atom. The van der Waals surface area contributed by atoms with E-state index in [0.717, 1.165) is 18.8 Å². The molecule has 0 aromatic rings. The van der Waals surface area contributed by atoms with Crippen LogP contribution in [0, 0.1) is 11.8 Å². The van der Waals surface area contributed by atoms with Crippen molar-refractivity contribution in [1.29, 1.82) is 0 Å². The second kappa shape index (κ2) is 17.5. The Bertz CT molecular complexity index is 105. The maximum atomic E-state index is 8.72. The van der Waals surface area contributed by atoms with Crippen LogP contribution in [-0.4, -0.2) is 16.6 Å². The Kier molecular flexibility index (Phi) is 24.2. The topological polar surface area (TPSA) is 20.2 Å². The zero-order chi connectivity index (χ0) is 14.4. The van der Waals surface area contributed by atoms with Gasteiger partial charge < -0.3 is 5.11 Å². The second-order valence-electron chi connectivity index (χ2n) is 4.99. The molecule has 1 nitrogen and oxygen atoms in total. The van der Waals surface area contributed by atoms with Crippen molar-refractivity contribution >= 4 is 31.0 Å². The summed E-state index contributed by atoms with van der Waals surface area (Å²) < 4.78 is 0. The summed E-state index contributed by atoms with van der Waals surface area (Å²) in [5.74, 6) is 1.37. The second-order valence-corrected chi connectivity index (χ2v) is 10.4. The molecule has 0 aliphatic rings. The minimum atomic E-state index is -0.931. The van der Waals surface area contributed by atoms with E-state index in [0.29, 0.717) is 11.3 Å². The van der Waals surface area contributed by atoms with Gasteiger partial charge in [0.05, 0.1) is 6.10 Å². The molecule has 0 aromatic carbocycles. The van der Waals surface area contributed by atoms with E-state index in [-0.39, 0.29) is 6.10 Å². The monoisotopic (exact) mass is 356 g/mol. The number of rotatable bonds is 4. The van der Waals surface area contributed by atoms with Crippen LogP contribution in [0.2, 0.25) is 0 Å². The first kappa shape index (κ1) is 23.5. The Balaban J connectivity index is -0.000000188. The Morgan fingerprint density at radius 2 is 1.18 bits per heavy atom. The zero-order valence-electron chi connectivity index (χ0n) is 12.0. The van der Waals surface area contributed by atoms with Crippen LogP contribution in [0.1, 0.15) is 54.4 Å². The third kappa shape index (κ3) is 46.6. The van der Waals surface area contributed by atoms with Gasteiger partial charge >= 0.3 is 34.5 Å². The van der Waals surface area contributed by atoms with Gasteiger partial charge in [-0.1, -0.05) is 27.7 Å². The van der Waals surface area contributed by atoms with E-state index in [4.69, 9.17) is 36.1 Å². The zero-order valence-corrected chi connectivity index (χ0v) is 17.2. The molecule has 0 bridgehead atoms. The molecule has 2 atom stereocenters. The molecule has 1 N–H and O–H groups in total. The van der Waals surface area contributed by atoms with Crippen LogP contribution in [0.15, 0.2) is 0 Å². The predicted molar refractivity (Wildman–Crippen MR) is 77.6 cm³/mol. The van der Waals surface area contributed by atoms with Gasteiger partial charge in [-0.2, -0.15) is 0 Å². The predicted octanol–water partition coefficient (Wildman–Crippen LogP) is 5.45. The molecule has 0 aliphatic heterocycles. The van der Waals surface area contributed by atoms with E-state index < -0.39 is 15.1 Å². The van der Waals surface area contributed by atoms with Crippen molar-refractivity contribution in [3.63, 3.8) is 0 Å². The molecule has 0 fully saturated rings. The van der Waals surface area contributed by atoms with Gasteiger partial charge in [0, 0.05) is 5.38 Å². The Morgan fingerprint density at radius 1 is 0.882 bits per heavy atom. The van der Waals surface area contributed by atoms with Gasteiger partial charge in [-0.15, -0.1) is 11.6 Å². The van der Waals surface area contributed by atoms with E-state index in [2.05, 4.69) is 27.7 Å². The average Bonchev–Trinajstić information content (AvgIpc) is 1.99. The molecule has 0 heterocycles. The average molecular weight is 359 g/mol. The molecule has 104 valence electrons. The molecule has 2 unspecified atom stereocenters. The molecular weight excluding hydrogens is 332 g/mol. The molecule has 5 heteroatoms. The van der Waals surface area contributed by atoms with E-state index in [1.165, 1.54) is 0 Å². The Hall–Kier alpha value is 1.45. The fraction of sp³-hybridized carbons (Fsp3) is 1.00. The van der Waals surface area contributed by atoms with Crippen molar-refractivity contribution < 1.29 is 20.3 Å². The summed E-state index contributed by atoms with van der Waals surface area (Å²) in [5, 5.41) is 9.07. The van der Waals surface area contributed by atoms with Crippen LogP contribution in [0.5, 0.6) is 0 Å². The Labute approximate surface area is 128 Å². The van der Waals surface area contributed by atoms with E-state index in [1.54, 1.807) is 0 Å². The summed E-state index contributed by atoms with van der Waals surface area (Å²) in [4.78, 5) is 0. The van der Waals surface area contributed by atoms with Crippen LogP contribution >= 0.6 is 31.0 Å². The maximum absolute atomic E-state index is 8.72. The van der Waals surface area contributed by atoms with Crippen LogP contribution in [0.4, 0.5) is 0 Å². The van der Waals surface area contributed by atoms with Gasteiger partial charge in [-0.05, 0) is 38.5 Å². The third-order valence-electron chi connectivity index (χ3n) is 1.61. The van der Waals surface area contributed by atoms with Crippen molar-refractivity contribution in [3.8, 4) is 0 Å². The first-order valence-corrected chi connectivity index (χ1v) is 14.3. The fourth-order valence-corrected chi connectivity index (χ4v) is 1.69. The number of halogens is 3. The number of alkyl halides is 1.